The Bertz CT molecular complexity index is 627. The average Bonchev–Trinajstić information content (AvgIpc) is 2.48. The van der Waals surface area contributed by atoms with Crippen molar-refractivity contribution in [3.05, 3.63) is 53.6 Å². The molecule has 0 amide bonds. The van der Waals surface area contributed by atoms with Crippen LogP contribution in [0.4, 0.5) is 5.69 Å². The molecule has 0 fully saturated rings. The summed E-state index contributed by atoms with van der Waals surface area (Å²) >= 11 is 0. The molecule has 0 heterocycles. The first-order chi connectivity index (χ1) is 10.3. The molecule has 22 heavy (non-hydrogen) atoms. The Balaban J connectivity index is 2.22. The van der Waals surface area contributed by atoms with Crippen LogP contribution < -0.4 is 9.64 Å². The van der Waals surface area contributed by atoms with Gasteiger partial charge in [0.05, 0.1) is 7.11 Å². The molecular formula is C19H25NO2. The van der Waals surface area contributed by atoms with Crippen molar-refractivity contribution in [1.82, 2.24) is 0 Å². The second-order valence-electron chi connectivity index (χ2n) is 6.62. The van der Waals surface area contributed by atoms with Gasteiger partial charge in [0, 0.05) is 24.8 Å². The fraction of sp³-hybridized carbons (Fsp3) is 0.368. The molecule has 118 valence electrons. The monoisotopic (exact) mass is 299 g/mol. The minimum atomic E-state index is -0.0707. The third-order valence-electron chi connectivity index (χ3n) is 3.85. The van der Waals surface area contributed by atoms with Crippen molar-refractivity contribution in [2.24, 2.45) is 0 Å². The maximum absolute atomic E-state index is 10.6. The van der Waals surface area contributed by atoms with Gasteiger partial charge in [-0.05, 0) is 35.2 Å². The Morgan fingerprint density at radius 2 is 1.68 bits per heavy atom. The van der Waals surface area contributed by atoms with Crippen LogP contribution in [-0.2, 0) is 12.0 Å². The first kappa shape index (κ1) is 16.2. The fourth-order valence-electron chi connectivity index (χ4n) is 2.51. The first-order valence-corrected chi connectivity index (χ1v) is 7.49. The van der Waals surface area contributed by atoms with Crippen LogP contribution >= 0.6 is 0 Å². The Hall–Kier alpha value is -2.16. The third-order valence-corrected chi connectivity index (χ3v) is 3.85. The Kier molecular flexibility index (Phi) is 4.65. The molecule has 0 aliphatic rings. The van der Waals surface area contributed by atoms with E-state index in [1.807, 2.05) is 49.5 Å². The van der Waals surface area contributed by atoms with Crippen LogP contribution in [0.1, 0.15) is 31.9 Å². The molecule has 3 heteroatoms. The molecule has 0 unspecified atom stereocenters. The fourth-order valence-corrected chi connectivity index (χ4v) is 2.51. The zero-order valence-corrected chi connectivity index (χ0v) is 14.1. The van der Waals surface area contributed by atoms with Crippen molar-refractivity contribution in [1.29, 1.82) is 0 Å². The van der Waals surface area contributed by atoms with E-state index >= 15 is 0 Å². The predicted molar refractivity (Wildman–Crippen MR) is 91.9 cm³/mol. The van der Waals surface area contributed by atoms with Crippen LogP contribution in [0.3, 0.4) is 0 Å². The van der Waals surface area contributed by atoms with Gasteiger partial charge in [-0.3, -0.25) is 0 Å². The lowest BCUT2D eigenvalue weighted by Gasteiger charge is -2.24. The number of phenolic OH excluding ortho intramolecular Hbond substituents is 1. The largest absolute Gasteiger partial charge is 0.507 e. The molecule has 1 N–H and O–H groups in total. The Morgan fingerprint density at radius 1 is 1.05 bits per heavy atom. The molecule has 0 atom stereocenters. The van der Waals surface area contributed by atoms with E-state index in [1.165, 1.54) is 0 Å². The number of hydrogen-bond acceptors (Lipinski definition) is 3. The highest BCUT2D eigenvalue weighted by atomic mass is 16.5. The van der Waals surface area contributed by atoms with E-state index in [9.17, 15) is 5.11 Å². The van der Waals surface area contributed by atoms with E-state index in [1.54, 1.807) is 7.11 Å². The highest BCUT2D eigenvalue weighted by Crippen LogP contribution is 2.34. The molecule has 0 aliphatic heterocycles. The summed E-state index contributed by atoms with van der Waals surface area (Å²) in [4.78, 5) is 2.11. The van der Waals surface area contributed by atoms with Gasteiger partial charge < -0.3 is 14.7 Å². The topological polar surface area (TPSA) is 32.7 Å². The molecule has 0 radical (unpaired) electrons. The summed E-state index contributed by atoms with van der Waals surface area (Å²) in [5.41, 5.74) is 2.93. The number of nitrogens with zero attached hydrogens (tertiary/aromatic N) is 1. The molecule has 0 aliphatic carbocycles. The number of para-hydroxylation sites is 1. The molecule has 0 spiro atoms. The van der Waals surface area contributed by atoms with Crippen LogP contribution in [0.15, 0.2) is 42.5 Å². The summed E-state index contributed by atoms with van der Waals surface area (Å²) in [6.07, 6.45) is 0. The van der Waals surface area contributed by atoms with Crippen molar-refractivity contribution in [2.45, 2.75) is 32.7 Å². The molecule has 2 rings (SSSR count). The summed E-state index contributed by atoms with van der Waals surface area (Å²) in [5.74, 6) is 1.24. The number of rotatable bonds is 4. The van der Waals surface area contributed by atoms with Gasteiger partial charge in [-0.1, -0.05) is 39.0 Å². The highest BCUT2D eigenvalue weighted by molar-refractivity contribution is 5.51. The number of phenols is 1. The minimum Gasteiger partial charge on any atom is -0.507 e. The van der Waals surface area contributed by atoms with Crippen LogP contribution in [0, 0.1) is 0 Å². The van der Waals surface area contributed by atoms with Gasteiger partial charge in [-0.2, -0.15) is 0 Å². The smallest absolute Gasteiger partial charge is 0.124 e. The Labute approximate surface area is 133 Å². The van der Waals surface area contributed by atoms with E-state index in [2.05, 4.69) is 25.7 Å². The number of benzene rings is 2. The zero-order chi connectivity index (χ0) is 16.3. The SMILES string of the molecule is COc1ccc(N(C)Cc2cccc(C(C)(C)C)c2O)cc1. The number of aromatic hydroxyl groups is 1. The maximum Gasteiger partial charge on any atom is 0.124 e. The molecule has 0 aromatic heterocycles. The summed E-state index contributed by atoms with van der Waals surface area (Å²) in [6.45, 7) is 6.99. The zero-order valence-electron chi connectivity index (χ0n) is 14.1. The average molecular weight is 299 g/mol. The second-order valence-corrected chi connectivity index (χ2v) is 6.62. The summed E-state index contributed by atoms with van der Waals surface area (Å²) in [5, 5.41) is 10.6. The van der Waals surface area contributed by atoms with Crippen molar-refractivity contribution < 1.29 is 9.84 Å². The van der Waals surface area contributed by atoms with E-state index in [-0.39, 0.29) is 5.41 Å². The number of anilines is 1. The molecule has 0 saturated carbocycles. The summed E-state index contributed by atoms with van der Waals surface area (Å²) in [7, 11) is 3.68. The van der Waals surface area contributed by atoms with Gasteiger partial charge in [-0.15, -0.1) is 0 Å². The van der Waals surface area contributed by atoms with Crippen molar-refractivity contribution in [3.63, 3.8) is 0 Å². The van der Waals surface area contributed by atoms with Crippen LogP contribution in [0.2, 0.25) is 0 Å². The highest BCUT2D eigenvalue weighted by Gasteiger charge is 2.20. The lowest BCUT2D eigenvalue weighted by Crippen LogP contribution is -2.18. The number of hydrogen-bond donors (Lipinski definition) is 1. The van der Waals surface area contributed by atoms with Gasteiger partial charge >= 0.3 is 0 Å². The molecule has 0 saturated heterocycles. The van der Waals surface area contributed by atoms with E-state index < -0.39 is 0 Å². The lowest BCUT2D eigenvalue weighted by molar-refractivity contribution is 0.415. The summed E-state index contributed by atoms with van der Waals surface area (Å²) in [6, 6.07) is 13.9. The molecule has 3 nitrogen and oxygen atoms in total. The van der Waals surface area contributed by atoms with Gasteiger partial charge in [-0.25, -0.2) is 0 Å². The van der Waals surface area contributed by atoms with Crippen molar-refractivity contribution >= 4 is 5.69 Å². The van der Waals surface area contributed by atoms with E-state index in [0.717, 1.165) is 22.6 Å². The number of ether oxygens (including phenoxy) is 1. The maximum atomic E-state index is 10.6. The van der Waals surface area contributed by atoms with Crippen LogP contribution in [0.5, 0.6) is 11.5 Å². The predicted octanol–water partition coefficient (Wildman–Crippen LogP) is 4.33. The van der Waals surface area contributed by atoms with Crippen LogP contribution in [-0.4, -0.2) is 19.3 Å². The molecule has 2 aromatic carbocycles. The number of methoxy groups -OCH3 is 1. The van der Waals surface area contributed by atoms with E-state index in [0.29, 0.717) is 12.3 Å². The van der Waals surface area contributed by atoms with Gasteiger partial charge in [0.1, 0.15) is 11.5 Å². The molecular weight excluding hydrogens is 274 g/mol. The van der Waals surface area contributed by atoms with Crippen molar-refractivity contribution in [2.75, 3.05) is 19.1 Å². The summed E-state index contributed by atoms with van der Waals surface area (Å²) < 4.78 is 5.18. The first-order valence-electron chi connectivity index (χ1n) is 7.49. The van der Waals surface area contributed by atoms with Crippen LogP contribution in [0.25, 0.3) is 0 Å². The normalized spacial score (nSPS) is 11.3. The quantitative estimate of drug-likeness (QED) is 0.912. The second kappa shape index (κ2) is 6.30. The van der Waals surface area contributed by atoms with Gasteiger partial charge in [0.2, 0.25) is 0 Å². The molecule has 0 bridgehead atoms. The lowest BCUT2D eigenvalue weighted by atomic mass is 9.85. The Morgan fingerprint density at radius 3 is 2.23 bits per heavy atom. The molecule has 2 aromatic rings. The van der Waals surface area contributed by atoms with Gasteiger partial charge in [0.25, 0.3) is 0 Å². The van der Waals surface area contributed by atoms with E-state index in [4.69, 9.17) is 4.74 Å². The standard InChI is InChI=1S/C19H25NO2/c1-19(2,3)17-8-6-7-14(18(17)21)13-20(4)15-9-11-16(22-5)12-10-15/h6-12,21H,13H2,1-5H3. The van der Waals surface area contributed by atoms with Gasteiger partial charge in [0.15, 0.2) is 0 Å². The minimum absolute atomic E-state index is 0.0707. The van der Waals surface area contributed by atoms with Crippen molar-refractivity contribution in [3.8, 4) is 11.5 Å². The third kappa shape index (κ3) is 3.53.